The second kappa shape index (κ2) is 4.48. The molecule has 0 N–H and O–H groups in total. The number of nitrogens with zero attached hydrogens (tertiary/aromatic N) is 1. The highest BCUT2D eigenvalue weighted by atomic mass is 35.5. The minimum Gasteiger partial charge on any atom is -0.298 e. The van der Waals surface area contributed by atoms with Gasteiger partial charge < -0.3 is 0 Å². The van der Waals surface area contributed by atoms with E-state index >= 15 is 0 Å². The Hall–Kier alpha value is 0.250. The van der Waals surface area contributed by atoms with Crippen LogP contribution in [0.4, 0.5) is 0 Å². The number of hydrogen-bond donors (Lipinski definition) is 0. The first-order chi connectivity index (χ1) is 5.70. The van der Waals surface area contributed by atoms with Gasteiger partial charge in [-0.2, -0.15) is 0 Å². The van der Waals surface area contributed by atoms with Crippen LogP contribution < -0.4 is 0 Å². The van der Waals surface area contributed by atoms with Crippen LogP contribution in [0.1, 0.15) is 33.6 Å². The van der Waals surface area contributed by atoms with Gasteiger partial charge in [0.05, 0.1) is 0 Å². The number of rotatable bonds is 3. The minimum absolute atomic E-state index is 0.683. The molecule has 1 heterocycles. The predicted molar refractivity (Wildman–Crippen MR) is 54.7 cm³/mol. The maximum absolute atomic E-state index is 5.92. The van der Waals surface area contributed by atoms with Crippen molar-refractivity contribution in [3.05, 3.63) is 0 Å². The normalized spacial score (nSPS) is 31.8. The Labute approximate surface area is 81.1 Å². The molecule has 0 aliphatic carbocycles. The van der Waals surface area contributed by atoms with Crippen molar-refractivity contribution in [1.29, 1.82) is 0 Å². The molecule has 1 aliphatic rings. The van der Waals surface area contributed by atoms with Gasteiger partial charge in [0.15, 0.2) is 0 Å². The highest BCUT2D eigenvalue weighted by Crippen LogP contribution is 2.29. The van der Waals surface area contributed by atoms with Gasteiger partial charge in [-0.25, -0.2) is 0 Å². The highest BCUT2D eigenvalue weighted by molar-refractivity contribution is 6.18. The Morgan fingerprint density at radius 3 is 2.58 bits per heavy atom. The van der Waals surface area contributed by atoms with Crippen LogP contribution in [-0.2, 0) is 0 Å². The molecule has 0 aromatic rings. The Balaban J connectivity index is 2.56. The van der Waals surface area contributed by atoms with E-state index in [-0.39, 0.29) is 0 Å². The van der Waals surface area contributed by atoms with Crippen LogP contribution in [-0.4, -0.2) is 29.4 Å². The van der Waals surface area contributed by atoms with E-state index in [0.717, 1.165) is 17.8 Å². The molecule has 1 nitrogen and oxygen atoms in total. The lowest BCUT2D eigenvalue weighted by molar-refractivity contribution is 0.182. The summed E-state index contributed by atoms with van der Waals surface area (Å²) in [5, 5.41) is 0. The lowest BCUT2D eigenvalue weighted by atomic mass is 10.0. The lowest BCUT2D eigenvalue weighted by Crippen LogP contribution is -2.37. The number of halogens is 1. The van der Waals surface area contributed by atoms with E-state index < -0.39 is 0 Å². The molecule has 0 spiro atoms. The zero-order chi connectivity index (χ0) is 9.14. The fourth-order valence-electron chi connectivity index (χ4n) is 2.33. The van der Waals surface area contributed by atoms with E-state index in [1.165, 1.54) is 19.4 Å². The molecule has 0 aromatic heterocycles. The number of likely N-dealkylation sites (tertiary alicyclic amines) is 1. The van der Waals surface area contributed by atoms with Crippen LogP contribution in [0.25, 0.3) is 0 Å². The van der Waals surface area contributed by atoms with Gasteiger partial charge >= 0.3 is 0 Å². The fourth-order valence-corrected chi connectivity index (χ4v) is 2.69. The molecule has 0 bridgehead atoms. The summed E-state index contributed by atoms with van der Waals surface area (Å²) in [4.78, 5) is 2.59. The third-order valence-electron chi connectivity index (χ3n) is 3.01. The first-order valence-corrected chi connectivity index (χ1v) is 5.55. The second-order valence-corrected chi connectivity index (χ2v) is 4.32. The summed E-state index contributed by atoms with van der Waals surface area (Å²) >= 11 is 5.92. The maximum atomic E-state index is 5.92. The summed E-state index contributed by atoms with van der Waals surface area (Å²) in [6.45, 7) is 8.07. The van der Waals surface area contributed by atoms with E-state index in [2.05, 4.69) is 25.7 Å². The van der Waals surface area contributed by atoms with E-state index in [0.29, 0.717) is 6.04 Å². The number of alkyl halides is 1. The molecule has 2 atom stereocenters. The first-order valence-electron chi connectivity index (χ1n) is 5.02. The van der Waals surface area contributed by atoms with Crippen molar-refractivity contribution in [2.45, 2.75) is 45.7 Å². The van der Waals surface area contributed by atoms with Gasteiger partial charge in [0.2, 0.25) is 0 Å². The summed E-state index contributed by atoms with van der Waals surface area (Å²) in [7, 11) is 0. The molecule has 1 fully saturated rings. The molecule has 1 rings (SSSR count). The Bertz CT molecular complexity index is 136. The molecule has 2 unspecified atom stereocenters. The van der Waals surface area contributed by atoms with Crippen molar-refractivity contribution in [3.63, 3.8) is 0 Å². The van der Waals surface area contributed by atoms with E-state index in [1.54, 1.807) is 0 Å². The van der Waals surface area contributed by atoms with Gasteiger partial charge in [-0.15, -0.1) is 11.6 Å². The van der Waals surface area contributed by atoms with Crippen LogP contribution in [0.5, 0.6) is 0 Å². The molecule has 12 heavy (non-hydrogen) atoms. The van der Waals surface area contributed by atoms with Crippen LogP contribution in [0.3, 0.4) is 0 Å². The zero-order valence-corrected chi connectivity index (χ0v) is 9.14. The van der Waals surface area contributed by atoms with Crippen molar-refractivity contribution in [2.75, 3.05) is 12.4 Å². The van der Waals surface area contributed by atoms with Crippen LogP contribution in [0.2, 0.25) is 0 Å². The van der Waals surface area contributed by atoms with Crippen molar-refractivity contribution in [1.82, 2.24) is 4.90 Å². The predicted octanol–water partition coefficient (Wildman–Crippen LogP) is 2.73. The molecule has 1 saturated heterocycles. The van der Waals surface area contributed by atoms with Crippen LogP contribution >= 0.6 is 11.6 Å². The standard InChI is InChI=1S/C10H20ClN/c1-4-10-9(7-11)5-6-12(10)8(2)3/h8-10H,4-7H2,1-3H3. The Morgan fingerprint density at radius 2 is 2.17 bits per heavy atom. The summed E-state index contributed by atoms with van der Waals surface area (Å²) in [5.41, 5.74) is 0. The monoisotopic (exact) mass is 189 g/mol. The van der Waals surface area contributed by atoms with Gasteiger partial charge in [-0.3, -0.25) is 4.90 Å². The average Bonchev–Trinajstić information content (AvgIpc) is 2.46. The zero-order valence-electron chi connectivity index (χ0n) is 8.39. The molecule has 1 aliphatic heterocycles. The minimum atomic E-state index is 0.683. The molecular weight excluding hydrogens is 170 g/mol. The van der Waals surface area contributed by atoms with Gasteiger partial charge in [0, 0.05) is 18.0 Å². The average molecular weight is 190 g/mol. The molecule has 0 aromatic carbocycles. The van der Waals surface area contributed by atoms with Gasteiger partial charge in [0.25, 0.3) is 0 Å². The quantitative estimate of drug-likeness (QED) is 0.618. The summed E-state index contributed by atoms with van der Waals surface area (Å²) < 4.78 is 0. The molecular formula is C10H20ClN. The van der Waals surface area contributed by atoms with E-state index in [4.69, 9.17) is 11.6 Å². The SMILES string of the molecule is CCC1C(CCl)CCN1C(C)C. The molecule has 72 valence electrons. The second-order valence-electron chi connectivity index (χ2n) is 4.01. The lowest BCUT2D eigenvalue weighted by Gasteiger charge is -2.29. The summed E-state index contributed by atoms with van der Waals surface area (Å²) in [6.07, 6.45) is 2.54. The van der Waals surface area contributed by atoms with Gasteiger partial charge in [0.1, 0.15) is 0 Å². The van der Waals surface area contributed by atoms with E-state index in [9.17, 15) is 0 Å². The summed E-state index contributed by atoms with van der Waals surface area (Å²) in [6, 6.07) is 1.42. The number of hydrogen-bond acceptors (Lipinski definition) is 1. The highest BCUT2D eigenvalue weighted by Gasteiger charge is 2.33. The molecule has 0 amide bonds. The van der Waals surface area contributed by atoms with Gasteiger partial charge in [-0.05, 0) is 39.2 Å². The van der Waals surface area contributed by atoms with Gasteiger partial charge in [-0.1, -0.05) is 6.92 Å². The van der Waals surface area contributed by atoms with E-state index in [1.807, 2.05) is 0 Å². The van der Waals surface area contributed by atoms with Crippen molar-refractivity contribution >= 4 is 11.6 Å². The van der Waals surface area contributed by atoms with Crippen molar-refractivity contribution in [2.24, 2.45) is 5.92 Å². The van der Waals surface area contributed by atoms with Crippen molar-refractivity contribution in [3.8, 4) is 0 Å². The maximum Gasteiger partial charge on any atom is 0.0267 e. The third kappa shape index (κ3) is 1.94. The Kier molecular flexibility index (Phi) is 3.85. The van der Waals surface area contributed by atoms with Crippen LogP contribution in [0, 0.1) is 5.92 Å². The third-order valence-corrected chi connectivity index (χ3v) is 3.40. The molecule has 0 saturated carbocycles. The van der Waals surface area contributed by atoms with Crippen molar-refractivity contribution < 1.29 is 0 Å². The first kappa shape index (κ1) is 10.3. The summed E-state index contributed by atoms with van der Waals surface area (Å²) in [5.74, 6) is 1.57. The van der Waals surface area contributed by atoms with Crippen LogP contribution in [0.15, 0.2) is 0 Å². The topological polar surface area (TPSA) is 3.24 Å². The fraction of sp³-hybridized carbons (Fsp3) is 1.00. The molecule has 2 heteroatoms. The smallest absolute Gasteiger partial charge is 0.0267 e. The Morgan fingerprint density at radius 1 is 1.50 bits per heavy atom. The molecule has 0 radical (unpaired) electrons. The largest absolute Gasteiger partial charge is 0.298 e.